The zero-order chi connectivity index (χ0) is 12.3. The van der Waals surface area contributed by atoms with Gasteiger partial charge in [-0.1, -0.05) is 51.8 Å². The lowest BCUT2D eigenvalue weighted by Gasteiger charge is -2.20. The first-order chi connectivity index (χ1) is 8.16. The second-order valence-corrected chi connectivity index (χ2v) is 5.25. The smallest absolute Gasteiger partial charge is 0.0467 e. The standard InChI is InChI=1S/C14H13BrClN/c1-17(13-5-3-2-4-6-13)10-11-7-8-12(15)9-14(11)16/h2-9H,10H2,1H3. The Labute approximate surface area is 115 Å². The Kier molecular flexibility index (Phi) is 4.08. The Morgan fingerprint density at radius 2 is 1.82 bits per heavy atom. The van der Waals surface area contributed by atoms with Gasteiger partial charge in [0.1, 0.15) is 0 Å². The molecular formula is C14H13BrClN. The van der Waals surface area contributed by atoms with E-state index in [-0.39, 0.29) is 0 Å². The molecule has 0 amide bonds. The predicted octanol–water partition coefficient (Wildman–Crippen LogP) is 4.74. The maximum atomic E-state index is 6.20. The topological polar surface area (TPSA) is 3.24 Å². The minimum Gasteiger partial charge on any atom is -0.370 e. The Bertz CT molecular complexity index is 499. The number of hydrogen-bond acceptors (Lipinski definition) is 1. The zero-order valence-corrected chi connectivity index (χ0v) is 11.9. The summed E-state index contributed by atoms with van der Waals surface area (Å²) in [6.45, 7) is 0.802. The molecule has 0 saturated heterocycles. The summed E-state index contributed by atoms with van der Waals surface area (Å²) < 4.78 is 1.01. The van der Waals surface area contributed by atoms with Gasteiger partial charge in [-0.25, -0.2) is 0 Å². The van der Waals surface area contributed by atoms with Crippen molar-refractivity contribution < 1.29 is 0 Å². The van der Waals surface area contributed by atoms with Crippen molar-refractivity contribution in [1.82, 2.24) is 0 Å². The van der Waals surface area contributed by atoms with E-state index in [1.807, 2.05) is 36.4 Å². The molecular weight excluding hydrogens is 298 g/mol. The maximum Gasteiger partial charge on any atom is 0.0467 e. The molecule has 0 spiro atoms. The molecule has 0 unspecified atom stereocenters. The van der Waals surface area contributed by atoms with Crippen molar-refractivity contribution in [2.24, 2.45) is 0 Å². The average Bonchev–Trinajstić information content (AvgIpc) is 2.34. The van der Waals surface area contributed by atoms with Gasteiger partial charge in [0.15, 0.2) is 0 Å². The van der Waals surface area contributed by atoms with Crippen molar-refractivity contribution >= 4 is 33.2 Å². The van der Waals surface area contributed by atoms with E-state index >= 15 is 0 Å². The van der Waals surface area contributed by atoms with E-state index in [1.165, 1.54) is 5.69 Å². The van der Waals surface area contributed by atoms with Crippen LogP contribution in [0.25, 0.3) is 0 Å². The minimum absolute atomic E-state index is 0.794. The highest BCUT2D eigenvalue weighted by Gasteiger charge is 2.05. The van der Waals surface area contributed by atoms with Crippen LogP contribution in [0.5, 0.6) is 0 Å². The van der Waals surface area contributed by atoms with Gasteiger partial charge in [-0.3, -0.25) is 0 Å². The van der Waals surface area contributed by atoms with Crippen molar-refractivity contribution in [1.29, 1.82) is 0 Å². The fraction of sp³-hybridized carbons (Fsp3) is 0.143. The number of benzene rings is 2. The summed E-state index contributed by atoms with van der Waals surface area (Å²) in [5.41, 5.74) is 2.31. The highest BCUT2D eigenvalue weighted by atomic mass is 79.9. The summed E-state index contributed by atoms with van der Waals surface area (Å²) >= 11 is 9.61. The molecule has 0 atom stereocenters. The molecule has 0 bridgehead atoms. The fourth-order valence-electron chi connectivity index (χ4n) is 1.68. The largest absolute Gasteiger partial charge is 0.370 e. The first-order valence-corrected chi connectivity index (χ1v) is 6.54. The summed E-state index contributed by atoms with van der Waals surface area (Å²) in [4.78, 5) is 2.18. The molecule has 2 aromatic rings. The lowest BCUT2D eigenvalue weighted by molar-refractivity contribution is 0.923. The first-order valence-electron chi connectivity index (χ1n) is 5.37. The molecule has 0 aromatic heterocycles. The summed E-state index contributed by atoms with van der Waals surface area (Å²) in [7, 11) is 2.06. The van der Waals surface area contributed by atoms with Crippen LogP contribution in [0.1, 0.15) is 5.56 Å². The van der Waals surface area contributed by atoms with Gasteiger partial charge in [0.2, 0.25) is 0 Å². The molecule has 0 radical (unpaired) electrons. The van der Waals surface area contributed by atoms with Gasteiger partial charge < -0.3 is 4.90 Å². The minimum atomic E-state index is 0.794. The molecule has 2 rings (SSSR count). The Balaban J connectivity index is 2.16. The zero-order valence-electron chi connectivity index (χ0n) is 9.53. The SMILES string of the molecule is CN(Cc1ccc(Br)cc1Cl)c1ccccc1. The fourth-order valence-corrected chi connectivity index (χ4v) is 2.41. The average molecular weight is 311 g/mol. The lowest BCUT2D eigenvalue weighted by atomic mass is 10.2. The van der Waals surface area contributed by atoms with Gasteiger partial charge in [0, 0.05) is 28.8 Å². The van der Waals surface area contributed by atoms with Crippen LogP contribution in [0.2, 0.25) is 5.02 Å². The van der Waals surface area contributed by atoms with E-state index in [2.05, 4.69) is 40.0 Å². The third-order valence-corrected chi connectivity index (χ3v) is 3.46. The summed E-state index contributed by atoms with van der Waals surface area (Å²) in [5, 5.41) is 0.794. The number of hydrogen-bond donors (Lipinski definition) is 0. The Hall–Kier alpha value is -0.990. The molecule has 0 aliphatic carbocycles. The van der Waals surface area contributed by atoms with Crippen molar-refractivity contribution in [2.75, 3.05) is 11.9 Å². The normalized spacial score (nSPS) is 10.3. The van der Waals surface area contributed by atoms with E-state index in [0.717, 1.165) is 21.6 Å². The summed E-state index contributed by atoms with van der Waals surface area (Å²) in [5.74, 6) is 0. The van der Waals surface area contributed by atoms with Gasteiger partial charge in [-0.15, -0.1) is 0 Å². The third-order valence-electron chi connectivity index (χ3n) is 2.62. The van der Waals surface area contributed by atoms with Gasteiger partial charge in [-0.05, 0) is 29.8 Å². The molecule has 1 nitrogen and oxygen atoms in total. The molecule has 2 aromatic carbocycles. The number of nitrogens with zero attached hydrogens (tertiary/aromatic N) is 1. The molecule has 0 fully saturated rings. The number of anilines is 1. The van der Waals surface area contributed by atoms with Gasteiger partial charge in [0.25, 0.3) is 0 Å². The van der Waals surface area contributed by atoms with E-state index in [1.54, 1.807) is 0 Å². The van der Waals surface area contributed by atoms with Crippen LogP contribution in [0.3, 0.4) is 0 Å². The van der Waals surface area contributed by atoms with Crippen LogP contribution in [0.4, 0.5) is 5.69 Å². The second-order valence-electron chi connectivity index (χ2n) is 3.93. The Morgan fingerprint density at radius 3 is 2.47 bits per heavy atom. The van der Waals surface area contributed by atoms with E-state index in [9.17, 15) is 0 Å². The van der Waals surface area contributed by atoms with E-state index in [4.69, 9.17) is 11.6 Å². The molecule has 17 heavy (non-hydrogen) atoms. The van der Waals surface area contributed by atoms with Crippen LogP contribution in [-0.4, -0.2) is 7.05 Å². The van der Waals surface area contributed by atoms with Gasteiger partial charge in [-0.2, -0.15) is 0 Å². The maximum absolute atomic E-state index is 6.20. The molecule has 88 valence electrons. The molecule has 0 saturated carbocycles. The molecule has 0 aliphatic heterocycles. The number of halogens is 2. The van der Waals surface area contributed by atoms with Crippen LogP contribution in [0.15, 0.2) is 53.0 Å². The summed E-state index contributed by atoms with van der Waals surface area (Å²) in [6.07, 6.45) is 0. The van der Waals surface area contributed by atoms with Gasteiger partial charge in [0.05, 0.1) is 0 Å². The van der Waals surface area contributed by atoms with Crippen molar-refractivity contribution in [3.63, 3.8) is 0 Å². The molecule has 3 heteroatoms. The third kappa shape index (κ3) is 3.24. The van der Waals surface area contributed by atoms with E-state index < -0.39 is 0 Å². The molecule has 0 heterocycles. The van der Waals surface area contributed by atoms with Crippen LogP contribution < -0.4 is 4.90 Å². The second kappa shape index (κ2) is 5.56. The predicted molar refractivity (Wildman–Crippen MR) is 77.7 cm³/mol. The van der Waals surface area contributed by atoms with E-state index in [0.29, 0.717) is 0 Å². The lowest BCUT2D eigenvalue weighted by Crippen LogP contribution is -2.16. The van der Waals surface area contributed by atoms with Crippen LogP contribution in [-0.2, 0) is 6.54 Å². The summed E-state index contributed by atoms with van der Waals surface area (Å²) in [6, 6.07) is 16.3. The molecule has 0 N–H and O–H groups in total. The van der Waals surface area contributed by atoms with Crippen molar-refractivity contribution in [2.45, 2.75) is 6.54 Å². The van der Waals surface area contributed by atoms with Crippen LogP contribution >= 0.6 is 27.5 Å². The van der Waals surface area contributed by atoms with Crippen molar-refractivity contribution in [3.8, 4) is 0 Å². The van der Waals surface area contributed by atoms with Gasteiger partial charge >= 0.3 is 0 Å². The highest BCUT2D eigenvalue weighted by Crippen LogP contribution is 2.24. The highest BCUT2D eigenvalue weighted by molar-refractivity contribution is 9.10. The van der Waals surface area contributed by atoms with Crippen molar-refractivity contribution in [3.05, 3.63) is 63.6 Å². The number of rotatable bonds is 3. The Morgan fingerprint density at radius 1 is 1.12 bits per heavy atom. The molecule has 0 aliphatic rings. The quantitative estimate of drug-likeness (QED) is 0.791. The number of para-hydroxylation sites is 1. The first kappa shape index (κ1) is 12.5. The van der Waals surface area contributed by atoms with Crippen LogP contribution in [0, 0.1) is 0 Å². The monoisotopic (exact) mass is 309 g/mol.